The van der Waals surface area contributed by atoms with Gasteiger partial charge in [-0.1, -0.05) is 23.8 Å². The van der Waals surface area contributed by atoms with E-state index in [1.54, 1.807) is 0 Å². The van der Waals surface area contributed by atoms with Gasteiger partial charge in [-0.15, -0.1) is 11.6 Å². The summed E-state index contributed by atoms with van der Waals surface area (Å²) < 4.78 is 0. The fourth-order valence-corrected chi connectivity index (χ4v) is 1.69. The lowest BCUT2D eigenvalue weighted by Crippen LogP contribution is -2.15. The third kappa shape index (κ3) is 2.10. The SMILES string of the molecule is C=C(C)[C@@H]1CC=C(C)[C@H](Cl)C1. The van der Waals surface area contributed by atoms with Crippen LogP contribution in [0.2, 0.25) is 0 Å². The van der Waals surface area contributed by atoms with E-state index >= 15 is 0 Å². The monoisotopic (exact) mass is 170 g/mol. The first-order valence-electron chi connectivity index (χ1n) is 4.07. The molecule has 0 N–H and O–H groups in total. The minimum atomic E-state index is 0.241. The largest absolute Gasteiger partial charge is 0.118 e. The van der Waals surface area contributed by atoms with Gasteiger partial charge in [-0.2, -0.15) is 0 Å². The summed E-state index contributed by atoms with van der Waals surface area (Å²) in [6.45, 7) is 8.14. The number of allylic oxidation sites excluding steroid dienone is 3. The van der Waals surface area contributed by atoms with E-state index in [1.807, 2.05) is 0 Å². The third-order valence-electron chi connectivity index (χ3n) is 2.41. The zero-order chi connectivity index (χ0) is 8.43. The summed E-state index contributed by atoms with van der Waals surface area (Å²) in [7, 11) is 0. The van der Waals surface area contributed by atoms with Crippen LogP contribution in [0.5, 0.6) is 0 Å². The van der Waals surface area contributed by atoms with E-state index in [1.165, 1.54) is 11.1 Å². The molecule has 0 heterocycles. The first-order valence-corrected chi connectivity index (χ1v) is 4.51. The minimum Gasteiger partial charge on any atom is -0.118 e. The molecule has 0 aromatic rings. The number of halogens is 1. The van der Waals surface area contributed by atoms with E-state index in [0.29, 0.717) is 5.92 Å². The van der Waals surface area contributed by atoms with Crippen LogP contribution in [0.4, 0.5) is 0 Å². The number of rotatable bonds is 1. The molecule has 0 saturated carbocycles. The topological polar surface area (TPSA) is 0 Å². The van der Waals surface area contributed by atoms with E-state index < -0.39 is 0 Å². The Bertz CT molecular complexity index is 191. The van der Waals surface area contributed by atoms with E-state index in [0.717, 1.165) is 12.8 Å². The maximum absolute atomic E-state index is 6.10. The van der Waals surface area contributed by atoms with Crippen molar-refractivity contribution in [3.8, 4) is 0 Å². The third-order valence-corrected chi connectivity index (χ3v) is 2.93. The number of alkyl halides is 1. The molecule has 1 aliphatic carbocycles. The van der Waals surface area contributed by atoms with Gasteiger partial charge in [0.15, 0.2) is 0 Å². The minimum absolute atomic E-state index is 0.241. The quantitative estimate of drug-likeness (QED) is 0.417. The Morgan fingerprint density at radius 3 is 2.82 bits per heavy atom. The van der Waals surface area contributed by atoms with Crippen LogP contribution in [0.3, 0.4) is 0 Å². The van der Waals surface area contributed by atoms with Gasteiger partial charge < -0.3 is 0 Å². The predicted molar refractivity (Wildman–Crippen MR) is 50.9 cm³/mol. The molecule has 0 bridgehead atoms. The summed E-state index contributed by atoms with van der Waals surface area (Å²) in [5, 5.41) is 0.241. The zero-order valence-electron chi connectivity index (χ0n) is 7.23. The van der Waals surface area contributed by atoms with Gasteiger partial charge in [0, 0.05) is 0 Å². The smallest absolute Gasteiger partial charge is 0.0548 e. The average molecular weight is 171 g/mol. The molecule has 0 saturated heterocycles. The Kier molecular flexibility index (Phi) is 2.78. The van der Waals surface area contributed by atoms with Gasteiger partial charge in [0.25, 0.3) is 0 Å². The summed E-state index contributed by atoms with van der Waals surface area (Å²) in [5.74, 6) is 0.612. The molecule has 1 aliphatic rings. The molecular weight excluding hydrogens is 156 g/mol. The fraction of sp³-hybridized carbons (Fsp3) is 0.600. The molecule has 11 heavy (non-hydrogen) atoms. The van der Waals surface area contributed by atoms with Crippen molar-refractivity contribution in [3.63, 3.8) is 0 Å². The maximum atomic E-state index is 6.10. The van der Waals surface area contributed by atoms with Crippen LogP contribution in [0.1, 0.15) is 26.7 Å². The molecule has 0 amide bonds. The molecular formula is C10H15Cl. The van der Waals surface area contributed by atoms with Crippen LogP contribution in [-0.2, 0) is 0 Å². The summed E-state index contributed by atoms with van der Waals surface area (Å²) in [6, 6.07) is 0. The summed E-state index contributed by atoms with van der Waals surface area (Å²) >= 11 is 6.10. The van der Waals surface area contributed by atoms with E-state index in [2.05, 4.69) is 26.5 Å². The molecule has 0 nitrogen and oxygen atoms in total. The molecule has 1 rings (SSSR count). The molecule has 0 aliphatic heterocycles. The molecule has 0 spiro atoms. The predicted octanol–water partition coefficient (Wildman–Crippen LogP) is 3.53. The van der Waals surface area contributed by atoms with E-state index in [9.17, 15) is 0 Å². The number of hydrogen-bond donors (Lipinski definition) is 0. The lowest BCUT2D eigenvalue weighted by molar-refractivity contribution is 0.545. The molecule has 1 heteroatoms. The molecule has 0 fully saturated rings. The Hall–Kier alpha value is -0.230. The molecule has 0 aromatic carbocycles. The van der Waals surface area contributed by atoms with Gasteiger partial charge in [-0.05, 0) is 32.6 Å². The molecule has 2 atom stereocenters. The standard InChI is InChI=1S/C10H15Cl/c1-7(2)9-5-4-8(3)10(11)6-9/h4,9-10H,1,5-6H2,2-3H3/t9-,10-/m1/s1. The normalized spacial score (nSPS) is 31.4. The Balaban J connectivity index is 2.62. The summed E-state index contributed by atoms with van der Waals surface area (Å²) in [5.41, 5.74) is 2.59. The lowest BCUT2D eigenvalue weighted by Gasteiger charge is -2.24. The second-order valence-corrected chi connectivity index (χ2v) is 3.96. The highest BCUT2D eigenvalue weighted by atomic mass is 35.5. The molecule has 62 valence electrons. The van der Waals surface area contributed by atoms with Crippen molar-refractivity contribution < 1.29 is 0 Å². The molecule has 0 radical (unpaired) electrons. The van der Waals surface area contributed by atoms with Crippen molar-refractivity contribution >= 4 is 11.6 Å². The van der Waals surface area contributed by atoms with Gasteiger partial charge in [0.2, 0.25) is 0 Å². The van der Waals surface area contributed by atoms with E-state index in [4.69, 9.17) is 11.6 Å². The van der Waals surface area contributed by atoms with Gasteiger partial charge in [-0.25, -0.2) is 0 Å². The fourth-order valence-electron chi connectivity index (χ4n) is 1.39. The second-order valence-electron chi connectivity index (χ2n) is 3.43. The number of hydrogen-bond acceptors (Lipinski definition) is 0. The van der Waals surface area contributed by atoms with Crippen LogP contribution in [0.15, 0.2) is 23.8 Å². The molecule has 0 unspecified atom stereocenters. The maximum Gasteiger partial charge on any atom is 0.0548 e. The first kappa shape index (κ1) is 8.86. The highest BCUT2D eigenvalue weighted by Gasteiger charge is 2.19. The Morgan fingerprint density at radius 2 is 2.36 bits per heavy atom. The molecule has 0 aromatic heterocycles. The lowest BCUT2D eigenvalue weighted by atomic mass is 9.86. The van der Waals surface area contributed by atoms with Crippen molar-refractivity contribution in [3.05, 3.63) is 23.8 Å². The van der Waals surface area contributed by atoms with Gasteiger partial charge in [-0.3, -0.25) is 0 Å². The average Bonchev–Trinajstić information content (AvgIpc) is 1.94. The Labute approximate surface area is 73.9 Å². The van der Waals surface area contributed by atoms with Crippen molar-refractivity contribution in [1.29, 1.82) is 0 Å². The zero-order valence-corrected chi connectivity index (χ0v) is 7.99. The van der Waals surface area contributed by atoms with Gasteiger partial charge in [0.05, 0.1) is 5.38 Å². The highest BCUT2D eigenvalue weighted by Crippen LogP contribution is 2.31. The van der Waals surface area contributed by atoms with Crippen molar-refractivity contribution in [2.75, 3.05) is 0 Å². The highest BCUT2D eigenvalue weighted by molar-refractivity contribution is 6.22. The van der Waals surface area contributed by atoms with Crippen LogP contribution in [0.25, 0.3) is 0 Å². The van der Waals surface area contributed by atoms with Crippen LogP contribution >= 0.6 is 11.6 Å². The first-order chi connectivity index (χ1) is 5.11. The second kappa shape index (κ2) is 3.44. The van der Waals surface area contributed by atoms with Crippen molar-refractivity contribution in [2.45, 2.75) is 32.1 Å². The van der Waals surface area contributed by atoms with Crippen molar-refractivity contribution in [1.82, 2.24) is 0 Å². The Morgan fingerprint density at radius 1 is 1.73 bits per heavy atom. The van der Waals surface area contributed by atoms with Gasteiger partial charge >= 0.3 is 0 Å². The summed E-state index contributed by atoms with van der Waals surface area (Å²) in [4.78, 5) is 0. The van der Waals surface area contributed by atoms with Crippen LogP contribution < -0.4 is 0 Å². The van der Waals surface area contributed by atoms with Gasteiger partial charge in [0.1, 0.15) is 0 Å². The van der Waals surface area contributed by atoms with Crippen molar-refractivity contribution in [2.24, 2.45) is 5.92 Å². The van der Waals surface area contributed by atoms with E-state index in [-0.39, 0.29) is 5.38 Å². The summed E-state index contributed by atoms with van der Waals surface area (Å²) in [6.07, 6.45) is 4.43. The van der Waals surface area contributed by atoms with Crippen LogP contribution in [-0.4, -0.2) is 5.38 Å². The van der Waals surface area contributed by atoms with Crippen LogP contribution in [0, 0.1) is 5.92 Å².